The normalized spacial score (nSPS) is 31.0. The van der Waals surface area contributed by atoms with Gasteiger partial charge in [-0.05, 0) is 50.4 Å². The number of carbonyl (C=O) groups is 1. The molecular formula is C12H21NO2S. The van der Waals surface area contributed by atoms with Crippen LogP contribution in [0.2, 0.25) is 0 Å². The van der Waals surface area contributed by atoms with Gasteiger partial charge in [0.25, 0.3) is 0 Å². The number of hydrogen-bond donors (Lipinski definition) is 1. The van der Waals surface area contributed by atoms with Crippen molar-refractivity contribution in [2.45, 2.75) is 38.1 Å². The first-order valence-electron chi connectivity index (χ1n) is 6.31. The Kier molecular flexibility index (Phi) is 4.53. The zero-order chi connectivity index (χ0) is 11.4. The summed E-state index contributed by atoms with van der Waals surface area (Å²) in [4.78, 5) is 13.1. The molecule has 0 spiro atoms. The van der Waals surface area contributed by atoms with Crippen LogP contribution < -0.4 is 0 Å². The van der Waals surface area contributed by atoms with Crippen molar-refractivity contribution in [3.05, 3.63) is 0 Å². The molecule has 0 amide bonds. The van der Waals surface area contributed by atoms with Gasteiger partial charge in [-0.15, -0.1) is 11.8 Å². The zero-order valence-corrected chi connectivity index (χ0v) is 10.5. The third-order valence-corrected chi connectivity index (χ3v) is 4.90. The average molecular weight is 243 g/mol. The Labute approximate surface area is 102 Å². The Hall–Kier alpha value is -0.220. The summed E-state index contributed by atoms with van der Waals surface area (Å²) >= 11 is 1.60. The maximum absolute atomic E-state index is 10.5. The van der Waals surface area contributed by atoms with E-state index in [1.54, 1.807) is 11.8 Å². The second-order valence-corrected chi connectivity index (χ2v) is 5.94. The molecule has 0 aromatic carbocycles. The third-order valence-electron chi connectivity index (χ3n) is 3.79. The van der Waals surface area contributed by atoms with Crippen molar-refractivity contribution in [1.29, 1.82) is 0 Å². The minimum Gasteiger partial charge on any atom is -0.481 e. The highest BCUT2D eigenvalue weighted by atomic mass is 32.2. The minimum atomic E-state index is -0.679. The van der Waals surface area contributed by atoms with Crippen LogP contribution in [-0.4, -0.2) is 46.6 Å². The van der Waals surface area contributed by atoms with E-state index in [4.69, 9.17) is 5.11 Å². The summed E-state index contributed by atoms with van der Waals surface area (Å²) in [5.74, 6) is 1.36. The van der Waals surface area contributed by atoms with Crippen LogP contribution in [0.1, 0.15) is 32.1 Å². The van der Waals surface area contributed by atoms with Gasteiger partial charge in [0.1, 0.15) is 0 Å². The molecule has 0 radical (unpaired) electrons. The van der Waals surface area contributed by atoms with Gasteiger partial charge in [-0.2, -0.15) is 0 Å². The minimum absolute atomic E-state index is 0.267. The van der Waals surface area contributed by atoms with Crippen LogP contribution in [0.15, 0.2) is 0 Å². The third kappa shape index (κ3) is 3.14. The van der Waals surface area contributed by atoms with Gasteiger partial charge in [-0.3, -0.25) is 4.79 Å². The predicted octanol–water partition coefficient (Wildman–Crippen LogP) is 2.07. The van der Waals surface area contributed by atoms with Crippen molar-refractivity contribution in [1.82, 2.24) is 4.90 Å². The molecule has 3 nitrogen and oxygen atoms in total. The molecule has 2 aliphatic heterocycles. The second-order valence-electron chi connectivity index (χ2n) is 4.91. The van der Waals surface area contributed by atoms with E-state index in [1.165, 1.54) is 45.2 Å². The lowest BCUT2D eigenvalue weighted by molar-refractivity contribution is -0.133. The lowest BCUT2D eigenvalue weighted by atomic mass is 9.85. The summed E-state index contributed by atoms with van der Waals surface area (Å²) in [5, 5.41) is 8.64. The molecule has 0 unspecified atom stereocenters. The fourth-order valence-electron chi connectivity index (χ4n) is 3.07. The first kappa shape index (κ1) is 12.2. The quantitative estimate of drug-likeness (QED) is 0.820. The molecule has 0 saturated carbocycles. The molecule has 16 heavy (non-hydrogen) atoms. The molecule has 92 valence electrons. The molecule has 2 saturated heterocycles. The van der Waals surface area contributed by atoms with Gasteiger partial charge in [0.15, 0.2) is 0 Å². The maximum atomic E-state index is 10.5. The molecule has 0 aliphatic carbocycles. The summed E-state index contributed by atoms with van der Waals surface area (Å²) < 4.78 is 0. The Balaban J connectivity index is 1.80. The summed E-state index contributed by atoms with van der Waals surface area (Å²) in [6, 6.07) is 0.754. The van der Waals surface area contributed by atoms with Gasteiger partial charge in [-0.1, -0.05) is 6.42 Å². The summed E-state index contributed by atoms with van der Waals surface area (Å²) in [6.07, 6.45) is 6.65. The highest BCUT2D eigenvalue weighted by Gasteiger charge is 2.32. The van der Waals surface area contributed by atoms with Crippen molar-refractivity contribution in [3.8, 4) is 0 Å². The number of nitrogens with zero attached hydrogens (tertiary/aromatic N) is 1. The van der Waals surface area contributed by atoms with Crippen molar-refractivity contribution in [2.75, 3.05) is 24.6 Å². The van der Waals surface area contributed by atoms with Crippen LogP contribution in [-0.2, 0) is 4.79 Å². The van der Waals surface area contributed by atoms with E-state index in [9.17, 15) is 4.79 Å². The smallest absolute Gasteiger partial charge is 0.313 e. The number of thioether (sulfide) groups is 1. The van der Waals surface area contributed by atoms with Crippen LogP contribution >= 0.6 is 11.8 Å². The van der Waals surface area contributed by atoms with Gasteiger partial charge in [0.05, 0.1) is 5.75 Å². The monoisotopic (exact) mass is 243 g/mol. The molecule has 2 rings (SSSR count). The summed E-state index contributed by atoms with van der Waals surface area (Å²) in [5.41, 5.74) is 0. The van der Waals surface area contributed by atoms with E-state index in [0.29, 0.717) is 0 Å². The fourth-order valence-corrected chi connectivity index (χ4v) is 4.05. The molecule has 2 atom stereocenters. The fraction of sp³-hybridized carbons (Fsp3) is 0.917. The van der Waals surface area contributed by atoms with Gasteiger partial charge < -0.3 is 10.0 Å². The number of carboxylic acids is 1. The van der Waals surface area contributed by atoms with E-state index >= 15 is 0 Å². The summed E-state index contributed by atoms with van der Waals surface area (Å²) in [6.45, 7) is 2.54. The topological polar surface area (TPSA) is 40.5 Å². The Bertz CT molecular complexity index is 245. The number of aliphatic carboxylic acids is 1. The van der Waals surface area contributed by atoms with Crippen LogP contribution in [0.4, 0.5) is 0 Å². The molecule has 2 heterocycles. The highest BCUT2D eigenvalue weighted by molar-refractivity contribution is 7.99. The van der Waals surface area contributed by atoms with Gasteiger partial charge in [0, 0.05) is 6.04 Å². The van der Waals surface area contributed by atoms with E-state index in [0.717, 1.165) is 17.7 Å². The van der Waals surface area contributed by atoms with Crippen molar-refractivity contribution >= 4 is 17.7 Å². The van der Waals surface area contributed by atoms with Gasteiger partial charge >= 0.3 is 5.97 Å². The van der Waals surface area contributed by atoms with Crippen molar-refractivity contribution < 1.29 is 9.90 Å². The van der Waals surface area contributed by atoms with Crippen LogP contribution in [0.5, 0.6) is 0 Å². The standard InChI is InChI=1S/C12H21NO2S/c14-12(15)9-16-8-10-4-3-7-13-6-2-1-5-11(10)13/h10-11H,1-9H2,(H,14,15)/t10-,11+/m1/s1. The van der Waals surface area contributed by atoms with E-state index in [1.807, 2.05) is 0 Å². The van der Waals surface area contributed by atoms with Crippen molar-refractivity contribution in [2.24, 2.45) is 5.92 Å². The number of hydrogen-bond acceptors (Lipinski definition) is 3. The molecule has 2 aliphatic rings. The number of carboxylic acid groups (broad SMARTS) is 1. The predicted molar refractivity (Wildman–Crippen MR) is 66.9 cm³/mol. The molecule has 1 N–H and O–H groups in total. The largest absolute Gasteiger partial charge is 0.481 e. The van der Waals surface area contributed by atoms with E-state index in [2.05, 4.69) is 4.90 Å². The first-order valence-corrected chi connectivity index (χ1v) is 7.46. The molecule has 0 bridgehead atoms. The molecular weight excluding hydrogens is 222 g/mol. The van der Waals surface area contributed by atoms with Crippen molar-refractivity contribution in [3.63, 3.8) is 0 Å². The summed E-state index contributed by atoms with van der Waals surface area (Å²) in [7, 11) is 0. The zero-order valence-electron chi connectivity index (χ0n) is 9.73. The van der Waals surface area contributed by atoms with Crippen LogP contribution in [0, 0.1) is 5.92 Å². The molecule has 2 fully saturated rings. The lowest BCUT2D eigenvalue weighted by Crippen LogP contribution is -2.48. The average Bonchev–Trinajstić information content (AvgIpc) is 2.29. The van der Waals surface area contributed by atoms with E-state index < -0.39 is 5.97 Å². The highest BCUT2D eigenvalue weighted by Crippen LogP contribution is 2.32. The molecule has 0 aromatic rings. The lowest BCUT2D eigenvalue weighted by Gasteiger charge is -2.44. The van der Waals surface area contributed by atoms with Gasteiger partial charge in [0.2, 0.25) is 0 Å². The maximum Gasteiger partial charge on any atom is 0.313 e. The number of fused-ring (bicyclic) bond motifs is 1. The number of rotatable bonds is 4. The van der Waals surface area contributed by atoms with E-state index in [-0.39, 0.29) is 5.75 Å². The van der Waals surface area contributed by atoms with Crippen LogP contribution in [0.25, 0.3) is 0 Å². The Morgan fingerprint density at radius 2 is 2.06 bits per heavy atom. The van der Waals surface area contributed by atoms with Crippen LogP contribution in [0.3, 0.4) is 0 Å². The second kappa shape index (κ2) is 5.92. The Morgan fingerprint density at radius 1 is 1.25 bits per heavy atom. The van der Waals surface area contributed by atoms with Gasteiger partial charge in [-0.25, -0.2) is 0 Å². The first-order chi connectivity index (χ1) is 7.77. The SMILES string of the molecule is O=C(O)CSC[C@H]1CCCN2CCCC[C@@H]12. The number of piperidine rings is 2. The Morgan fingerprint density at radius 3 is 2.88 bits per heavy atom. The molecule has 4 heteroatoms. The molecule has 0 aromatic heterocycles.